The van der Waals surface area contributed by atoms with E-state index in [1.165, 1.54) is 22.4 Å². The van der Waals surface area contributed by atoms with Gasteiger partial charge >= 0.3 is 5.97 Å². The molecule has 1 saturated heterocycles. The number of carbonyl (C=O) groups is 2. The Hall–Kier alpha value is -1.24. The van der Waals surface area contributed by atoms with Crippen LogP contribution in [0.3, 0.4) is 0 Å². The Kier molecular flexibility index (Phi) is 8.39. The third-order valence-electron chi connectivity index (χ3n) is 6.24. The van der Waals surface area contributed by atoms with E-state index >= 15 is 0 Å². The molecule has 10 heteroatoms. The van der Waals surface area contributed by atoms with Crippen molar-refractivity contribution in [2.45, 2.75) is 69.3 Å². The molecular formula is C22H32INO6SSi. The number of benzene rings is 1. The summed E-state index contributed by atoms with van der Waals surface area (Å²) in [6.07, 6.45) is -0.144. The monoisotopic (exact) mass is 593 g/mol. The van der Waals surface area contributed by atoms with Crippen molar-refractivity contribution >= 4 is 52.6 Å². The van der Waals surface area contributed by atoms with E-state index in [1.807, 2.05) is 29.5 Å². The maximum absolute atomic E-state index is 12.8. The van der Waals surface area contributed by atoms with Crippen LogP contribution in [0.25, 0.3) is 0 Å². The first-order chi connectivity index (χ1) is 14.6. The van der Waals surface area contributed by atoms with Crippen molar-refractivity contribution in [3.05, 3.63) is 39.3 Å². The lowest BCUT2D eigenvalue weighted by Crippen LogP contribution is -2.66. The molecular weight excluding hydrogens is 561 g/mol. The number of carbonyl (C=O) groups excluding carboxylic acids is 1. The molecule has 1 amide bonds. The van der Waals surface area contributed by atoms with Crippen molar-refractivity contribution in [1.29, 1.82) is 0 Å². The van der Waals surface area contributed by atoms with Gasteiger partial charge in [-0.3, -0.25) is 9.59 Å². The second kappa shape index (κ2) is 9.94. The molecule has 2 rings (SSSR count). The number of halogens is 1. The molecule has 1 aliphatic rings. The van der Waals surface area contributed by atoms with E-state index < -0.39 is 48.7 Å². The Bertz CT molecular complexity index is 987. The Morgan fingerprint density at radius 3 is 2.34 bits per heavy atom. The Balaban J connectivity index is 2.27. The molecule has 0 saturated carbocycles. The number of carboxylic acid groups (broad SMARTS) is 1. The Morgan fingerprint density at radius 1 is 1.28 bits per heavy atom. The summed E-state index contributed by atoms with van der Waals surface area (Å²) in [6.45, 7) is 12.0. The molecule has 0 spiro atoms. The van der Waals surface area contributed by atoms with Crippen LogP contribution in [-0.2, 0) is 23.9 Å². The van der Waals surface area contributed by atoms with Gasteiger partial charge in [0.1, 0.15) is 6.54 Å². The average Bonchev–Trinajstić information content (AvgIpc) is 2.64. The lowest BCUT2D eigenvalue weighted by molar-refractivity contribution is -0.168. The highest BCUT2D eigenvalue weighted by molar-refractivity contribution is 14.1. The van der Waals surface area contributed by atoms with Crippen molar-refractivity contribution in [2.75, 3.05) is 6.54 Å². The van der Waals surface area contributed by atoms with Gasteiger partial charge in [0.05, 0.1) is 23.0 Å². The first kappa shape index (κ1) is 27.0. The van der Waals surface area contributed by atoms with Gasteiger partial charge in [0.2, 0.25) is 15.7 Å². The minimum atomic E-state index is -3.64. The maximum Gasteiger partial charge on any atom is 0.323 e. The van der Waals surface area contributed by atoms with Gasteiger partial charge in [-0.25, -0.2) is 8.42 Å². The molecule has 0 bridgehead atoms. The van der Waals surface area contributed by atoms with Gasteiger partial charge in [0.25, 0.3) is 0 Å². The summed E-state index contributed by atoms with van der Waals surface area (Å²) in [6, 6.07) is 7.67. The molecule has 0 aromatic heterocycles. The van der Waals surface area contributed by atoms with Gasteiger partial charge in [-0.1, -0.05) is 39.0 Å². The van der Waals surface area contributed by atoms with Gasteiger partial charge in [0.15, 0.2) is 8.32 Å². The van der Waals surface area contributed by atoms with Crippen LogP contribution < -0.4 is 0 Å². The number of likely N-dealkylation sites (tertiary alicyclic amines) is 1. The molecule has 3 unspecified atom stereocenters. The third-order valence-corrected chi connectivity index (χ3v) is 13.5. The number of hydrogen-bond acceptors (Lipinski definition) is 5. The number of nitrogens with zero attached hydrogens (tertiary/aromatic N) is 1. The van der Waals surface area contributed by atoms with Gasteiger partial charge in [-0.15, -0.1) is 0 Å². The van der Waals surface area contributed by atoms with Crippen molar-refractivity contribution in [2.24, 2.45) is 5.92 Å². The first-order valence-electron chi connectivity index (χ1n) is 10.4. The molecule has 1 aliphatic heterocycles. The van der Waals surface area contributed by atoms with Crippen molar-refractivity contribution in [3.8, 4) is 0 Å². The van der Waals surface area contributed by atoms with Crippen LogP contribution in [0, 0.1) is 5.92 Å². The molecule has 1 aromatic rings. The molecule has 1 fully saturated rings. The second-order valence-corrected chi connectivity index (χ2v) is 17.6. The molecule has 0 aliphatic carbocycles. The Morgan fingerprint density at radius 2 is 1.84 bits per heavy atom. The number of carboxylic acids is 1. The van der Waals surface area contributed by atoms with Gasteiger partial charge in [-0.05, 0) is 59.8 Å². The number of hydrogen-bond donors (Lipinski definition) is 1. The SMILES string of the molecule is CC(O[Si](C)(C)C(C)(C)C)C1C(=O)N(CC(=O)O)C1CC(I)=CS(=O)(=O)c1ccccc1. The summed E-state index contributed by atoms with van der Waals surface area (Å²) in [5.41, 5.74) is 0. The fraction of sp³-hybridized carbons (Fsp3) is 0.545. The summed E-state index contributed by atoms with van der Waals surface area (Å²) in [7, 11) is -5.79. The maximum atomic E-state index is 12.8. The molecule has 3 atom stereocenters. The minimum absolute atomic E-state index is 0.0393. The summed E-state index contributed by atoms with van der Waals surface area (Å²) in [5.74, 6) is -1.88. The highest BCUT2D eigenvalue weighted by atomic mass is 127. The number of amides is 1. The molecule has 1 heterocycles. The molecule has 1 aromatic carbocycles. The lowest BCUT2D eigenvalue weighted by atomic mass is 9.81. The van der Waals surface area contributed by atoms with E-state index in [2.05, 4.69) is 33.9 Å². The number of sulfone groups is 1. The molecule has 1 N–H and O–H groups in total. The normalized spacial score (nSPS) is 21.3. The zero-order valence-electron chi connectivity index (χ0n) is 19.3. The van der Waals surface area contributed by atoms with E-state index in [4.69, 9.17) is 4.43 Å². The van der Waals surface area contributed by atoms with Crippen LogP contribution >= 0.6 is 22.6 Å². The fourth-order valence-corrected chi connectivity index (χ4v) is 7.52. The summed E-state index contributed by atoms with van der Waals surface area (Å²) in [5, 5.41) is 10.4. The van der Waals surface area contributed by atoms with Crippen molar-refractivity contribution in [1.82, 2.24) is 4.90 Å². The van der Waals surface area contributed by atoms with Gasteiger partial charge in [-0.2, -0.15) is 0 Å². The quantitative estimate of drug-likeness (QED) is 0.258. The molecule has 32 heavy (non-hydrogen) atoms. The predicted octanol–water partition coefficient (Wildman–Crippen LogP) is 4.45. The topological polar surface area (TPSA) is 101 Å². The van der Waals surface area contributed by atoms with Crippen LogP contribution in [0.5, 0.6) is 0 Å². The highest BCUT2D eigenvalue weighted by Gasteiger charge is 2.52. The largest absolute Gasteiger partial charge is 0.480 e. The lowest BCUT2D eigenvalue weighted by Gasteiger charge is -2.51. The number of rotatable bonds is 9. The van der Waals surface area contributed by atoms with E-state index in [0.717, 1.165) is 0 Å². The zero-order valence-corrected chi connectivity index (χ0v) is 23.3. The van der Waals surface area contributed by atoms with E-state index in [0.29, 0.717) is 3.58 Å². The first-order valence-corrected chi connectivity index (χ1v) is 16.0. The van der Waals surface area contributed by atoms with Crippen LogP contribution in [0.2, 0.25) is 18.1 Å². The number of β-lactam (4-membered cyclic amide) rings is 1. The average molecular weight is 594 g/mol. The van der Waals surface area contributed by atoms with Gasteiger partial charge in [0, 0.05) is 15.4 Å². The zero-order chi connectivity index (χ0) is 24.5. The summed E-state index contributed by atoms with van der Waals surface area (Å²) in [4.78, 5) is 25.6. The minimum Gasteiger partial charge on any atom is -0.480 e. The van der Waals surface area contributed by atoms with Crippen LogP contribution in [0.15, 0.2) is 44.2 Å². The molecule has 178 valence electrons. The predicted molar refractivity (Wildman–Crippen MR) is 135 cm³/mol. The standard InChI is InChI=1S/C22H32INO6SSi/c1-15(30-32(5,6)22(2,3)4)20-18(24(21(20)27)13-19(25)26)12-16(23)14-31(28,29)17-10-8-7-9-11-17/h7-11,14-15,18,20H,12-13H2,1-6H3,(H,25,26). The Labute approximate surface area is 205 Å². The van der Waals surface area contributed by atoms with E-state index in [9.17, 15) is 23.1 Å². The summed E-state index contributed by atoms with van der Waals surface area (Å²) < 4.78 is 32.3. The van der Waals surface area contributed by atoms with E-state index in [-0.39, 0.29) is 22.3 Å². The van der Waals surface area contributed by atoms with Crippen LogP contribution in [0.1, 0.15) is 34.1 Å². The van der Waals surface area contributed by atoms with Crippen molar-refractivity contribution in [3.63, 3.8) is 0 Å². The smallest absolute Gasteiger partial charge is 0.323 e. The second-order valence-electron chi connectivity index (χ2n) is 9.66. The number of aliphatic carboxylic acids is 1. The third kappa shape index (κ3) is 6.20. The van der Waals surface area contributed by atoms with Gasteiger partial charge < -0.3 is 14.4 Å². The van der Waals surface area contributed by atoms with Crippen LogP contribution in [0.4, 0.5) is 0 Å². The van der Waals surface area contributed by atoms with E-state index in [1.54, 1.807) is 18.2 Å². The van der Waals surface area contributed by atoms with Crippen molar-refractivity contribution < 1.29 is 27.5 Å². The van der Waals surface area contributed by atoms with Crippen LogP contribution in [-0.4, -0.2) is 57.3 Å². The fourth-order valence-electron chi connectivity index (χ4n) is 3.53. The highest BCUT2D eigenvalue weighted by Crippen LogP contribution is 2.42. The summed E-state index contributed by atoms with van der Waals surface area (Å²) >= 11 is 1.96. The molecule has 0 radical (unpaired) electrons. The molecule has 7 nitrogen and oxygen atoms in total.